The summed E-state index contributed by atoms with van der Waals surface area (Å²) in [6.45, 7) is 0. The third-order valence-electron chi connectivity index (χ3n) is 3.23. The fourth-order valence-corrected chi connectivity index (χ4v) is 2.67. The molecule has 0 aliphatic carbocycles. The van der Waals surface area contributed by atoms with E-state index < -0.39 is 10.0 Å². The van der Waals surface area contributed by atoms with Gasteiger partial charge in [0.05, 0.1) is 10.6 Å². The Bertz CT molecular complexity index is 871. The Morgan fingerprint density at radius 1 is 1.00 bits per heavy atom. The lowest BCUT2D eigenvalue weighted by Gasteiger charge is -2.07. The quantitative estimate of drug-likeness (QED) is 0.790. The number of nitrogens with zero attached hydrogens (tertiary/aromatic N) is 3. The maximum absolute atomic E-state index is 11.3. The summed E-state index contributed by atoms with van der Waals surface area (Å²) in [5.41, 5.74) is 1.86. The van der Waals surface area contributed by atoms with Crippen LogP contribution in [-0.4, -0.2) is 23.2 Å². The van der Waals surface area contributed by atoms with E-state index in [0.717, 1.165) is 17.1 Å². The van der Waals surface area contributed by atoms with E-state index in [1.165, 1.54) is 18.5 Å². The molecule has 3 rings (SSSR count). The van der Waals surface area contributed by atoms with E-state index in [1.807, 2.05) is 30.3 Å². The molecule has 2 N–H and O–H groups in total. The number of benzene rings is 2. The van der Waals surface area contributed by atoms with Crippen LogP contribution in [-0.2, 0) is 16.4 Å². The minimum atomic E-state index is -3.69. The second-order valence-electron chi connectivity index (χ2n) is 4.79. The Morgan fingerprint density at radius 3 is 2.32 bits per heavy atom. The van der Waals surface area contributed by atoms with Gasteiger partial charge in [-0.05, 0) is 29.8 Å². The molecule has 0 aliphatic rings. The van der Waals surface area contributed by atoms with Gasteiger partial charge in [0.25, 0.3) is 0 Å². The molecule has 0 spiro atoms. The monoisotopic (exact) mass is 314 g/mol. The second kappa shape index (κ2) is 5.70. The van der Waals surface area contributed by atoms with E-state index in [2.05, 4.69) is 10.1 Å². The van der Waals surface area contributed by atoms with Gasteiger partial charge in [0.2, 0.25) is 10.0 Å². The molecule has 6 nitrogen and oxygen atoms in total. The van der Waals surface area contributed by atoms with Gasteiger partial charge in [0.1, 0.15) is 12.2 Å². The van der Waals surface area contributed by atoms with Crippen molar-refractivity contribution < 1.29 is 8.42 Å². The molecule has 22 heavy (non-hydrogen) atoms. The maximum Gasteiger partial charge on any atom is 0.238 e. The summed E-state index contributed by atoms with van der Waals surface area (Å²) >= 11 is 0. The van der Waals surface area contributed by atoms with Gasteiger partial charge in [-0.3, -0.25) is 0 Å². The molecule has 0 aliphatic heterocycles. The first kappa shape index (κ1) is 14.4. The molecule has 0 radical (unpaired) electrons. The number of hydrogen-bond donors (Lipinski definition) is 1. The summed E-state index contributed by atoms with van der Waals surface area (Å²) in [5, 5.41) is 9.29. The average Bonchev–Trinajstić information content (AvgIpc) is 2.96. The smallest absolute Gasteiger partial charge is 0.225 e. The van der Waals surface area contributed by atoms with Crippen LogP contribution < -0.4 is 5.14 Å². The van der Waals surface area contributed by atoms with Gasteiger partial charge in [-0.25, -0.2) is 23.2 Å². The topological polar surface area (TPSA) is 90.9 Å². The van der Waals surface area contributed by atoms with Crippen LogP contribution in [0.15, 0.2) is 65.8 Å². The predicted molar refractivity (Wildman–Crippen MR) is 82.0 cm³/mol. The van der Waals surface area contributed by atoms with Crippen molar-refractivity contribution in [2.24, 2.45) is 5.14 Å². The molecule has 2 aromatic carbocycles. The van der Waals surface area contributed by atoms with Gasteiger partial charge in [0.15, 0.2) is 0 Å². The van der Waals surface area contributed by atoms with Crippen molar-refractivity contribution in [3.8, 4) is 5.69 Å². The van der Waals surface area contributed by atoms with Gasteiger partial charge in [-0.2, -0.15) is 5.10 Å². The van der Waals surface area contributed by atoms with E-state index in [-0.39, 0.29) is 4.90 Å². The minimum Gasteiger partial charge on any atom is -0.225 e. The van der Waals surface area contributed by atoms with Gasteiger partial charge < -0.3 is 0 Å². The highest BCUT2D eigenvalue weighted by molar-refractivity contribution is 7.89. The zero-order valence-corrected chi connectivity index (χ0v) is 12.4. The summed E-state index contributed by atoms with van der Waals surface area (Å²) in [6.07, 6.45) is 2.11. The molecule has 0 unspecified atom stereocenters. The molecular formula is C15H14N4O2S. The molecule has 1 heterocycles. The van der Waals surface area contributed by atoms with E-state index in [4.69, 9.17) is 5.14 Å². The average molecular weight is 314 g/mol. The van der Waals surface area contributed by atoms with Crippen LogP contribution in [0.5, 0.6) is 0 Å². The molecule has 0 saturated carbocycles. The Hall–Kier alpha value is -2.51. The summed E-state index contributed by atoms with van der Waals surface area (Å²) in [7, 11) is -3.69. The van der Waals surface area contributed by atoms with Crippen LogP contribution in [0.2, 0.25) is 0 Å². The Labute approximate surface area is 128 Å². The summed E-state index contributed by atoms with van der Waals surface area (Å²) in [5.74, 6) is 0.773. The highest BCUT2D eigenvalue weighted by atomic mass is 32.2. The van der Waals surface area contributed by atoms with Gasteiger partial charge in [-0.15, -0.1) is 0 Å². The van der Waals surface area contributed by atoms with Crippen LogP contribution in [0, 0.1) is 0 Å². The molecule has 7 heteroatoms. The third-order valence-corrected chi connectivity index (χ3v) is 4.16. The molecule has 0 bridgehead atoms. The van der Waals surface area contributed by atoms with Gasteiger partial charge >= 0.3 is 0 Å². The Kier molecular flexibility index (Phi) is 3.74. The minimum absolute atomic E-state index is 0.0703. The lowest BCUT2D eigenvalue weighted by atomic mass is 10.1. The standard InChI is InChI=1S/C15H14N4O2S/c16-22(20,21)14-8-6-13(7-9-14)19-15(17-11-18-19)10-12-4-2-1-3-5-12/h1-9,11H,10H2,(H2,16,20,21). The van der Waals surface area contributed by atoms with Crippen LogP contribution in [0.4, 0.5) is 0 Å². The molecule has 0 saturated heterocycles. The van der Waals surface area contributed by atoms with Crippen molar-refractivity contribution in [2.75, 3.05) is 0 Å². The van der Waals surface area contributed by atoms with Crippen LogP contribution in [0.25, 0.3) is 5.69 Å². The number of sulfonamides is 1. The molecule has 3 aromatic rings. The third kappa shape index (κ3) is 3.05. The van der Waals surface area contributed by atoms with Crippen molar-refractivity contribution in [3.63, 3.8) is 0 Å². The van der Waals surface area contributed by atoms with Crippen molar-refractivity contribution in [3.05, 3.63) is 72.3 Å². The zero-order valence-electron chi connectivity index (χ0n) is 11.6. The van der Waals surface area contributed by atoms with Crippen LogP contribution in [0.1, 0.15) is 11.4 Å². The zero-order chi connectivity index (χ0) is 15.6. The van der Waals surface area contributed by atoms with Gasteiger partial charge in [-0.1, -0.05) is 30.3 Å². The predicted octanol–water partition coefficient (Wildman–Crippen LogP) is 1.51. The summed E-state index contributed by atoms with van der Waals surface area (Å²) in [4.78, 5) is 4.34. The molecular weight excluding hydrogens is 300 g/mol. The first-order chi connectivity index (χ1) is 10.5. The number of nitrogens with two attached hydrogens (primary N) is 1. The lowest BCUT2D eigenvalue weighted by Crippen LogP contribution is -2.12. The largest absolute Gasteiger partial charge is 0.238 e. The van der Waals surface area contributed by atoms with Gasteiger partial charge in [0, 0.05) is 6.42 Å². The summed E-state index contributed by atoms with van der Waals surface area (Å²) < 4.78 is 24.2. The SMILES string of the molecule is NS(=O)(=O)c1ccc(-n2ncnc2Cc2ccccc2)cc1. The molecule has 0 amide bonds. The molecule has 112 valence electrons. The number of primary sulfonamides is 1. The van der Waals surface area contributed by atoms with E-state index in [1.54, 1.807) is 16.8 Å². The Balaban J connectivity index is 1.92. The highest BCUT2D eigenvalue weighted by Crippen LogP contribution is 2.15. The number of hydrogen-bond acceptors (Lipinski definition) is 4. The van der Waals surface area contributed by atoms with E-state index >= 15 is 0 Å². The molecule has 0 fully saturated rings. The first-order valence-electron chi connectivity index (χ1n) is 6.60. The molecule has 0 atom stereocenters. The Morgan fingerprint density at radius 2 is 1.68 bits per heavy atom. The number of rotatable bonds is 4. The highest BCUT2D eigenvalue weighted by Gasteiger charge is 2.10. The van der Waals surface area contributed by atoms with Crippen LogP contribution in [0.3, 0.4) is 0 Å². The van der Waals surface area contributed by atoms with Crippen molar-refractivity contribution in [2.45, 2.75) is 11.3 Å². The number of aromatic nitrogens is 3. The molecule has 1 aromatic heterocycles. The van der Waals surface area contributed by atoms with E-state index in [9.17, 15) is 8.42 Å². The second-order valence-corrected chi connectivity index (χ2v) is 6.35. The maximum atomic E-state index is 11.3. The van der Waals surface area contributed by atoms with Crippen molar-refractivity contribution in [1.82, 2.24) is 14.8 Å². The van der Waals surface area contributed by atoms with E-state index in [0.29, 0.717) is 6.42 Å². The normalized spacial score (nSPS) is 11.5. The van der Waals surface area contributed by atoms with Crippen molar-refractivity contribution >= 4 is 10.0 Å². The lowest BCUT2D eigenvalue weighted by molar-refractivity contribution is 0.598. The van der Waals surface area contributed by atoms with Crippen LogP contribution >= 0.6 is 0 Å². The van der Waals surface area contributed by atoms with Crippen molar-refractivity contribution in [1.29, 1.82) is 0 Å². The fraction of sp³-hybridized carbons (Fsp3) is 0.0667. The summed E-state index contributed by atoms with van der Waals surface area (Å²) in [6, 6.07) is 16.2. The first-order valence-corrected chi connectivity index (χ1v) is 8.15. The fourth-order valence-electron chi connectivity index (χ4n) is 2.16.